The maximum absolute atomic E-state index is 12.5. The lowest BCUT2D eigenvalue weighted by Gasteiger charge is -2.21. The van der Waals surface area contributed by atoms with Crippen molar-refractivity contribution >= 4 is 29.1 Å². The van der Waals surface area contributed by atoms with Gasteiger partial charge in [0.2, 0.25) is 0 Å². The third-order valence-corrected chi connectivity index (χ3v) is 4.28. The summed E-state index contributed by atoms with van der Waals surface area (Å²) >= 11 is 11.8. The van der Waals surface area contributed by atoms with Crippen LogP contribution in [0.15, 0.2) is 36.4 Å². The van der Waals surface area contributed by atoms with Crippen LogP contribution in [-0.2, 0) is 6.54 Å². The molecule has 1 aliphatic rings. The van der Waals surface area contributed by atoms with Crippen molar-refractivity contribution in [1.82, 2.24) is 4.90 Å². The number of carbonyl (C=O) groups excluding carboxylic acids is 1. The van der Waals surface area contributed by atoms with E-state index in [2.05, 4.69) is 0 Å². The molecule has 0 spiro atoms. The van der Waals surface area contributed by atoms with E-state index in [0.717, 1.165) is 11.3 Å². The molecule has 2 aromatic rings. The van der Waals surface area contributed by atoms with E-state index in [1.165, 1.54) is 0 Å². The fourth-order valence-corrected chi connectivity index (χ4v) is 2.68. The average Bonchev–Trinajstić information content (AvgIpc) is 2.56. The zero-order valence-corrected chi connectivity index (χ0v) is 14.0. The van der Waals surface area contributed by atoms with Crippen molar-refractivity contribution in [2.75, 3.05) is 20.3 Å². The second-order valence-electron chi connectivity index (χ2n) is 5.27. The second kappa shape index (κ2) is 6.69. The Balaban J connectivity index is 1.74. The average molecular weight is 352 g/mol. The van der Waals surface area contributed by atoms with Crippen LogP contribution >= 0.6 is 23.2 Å². The molecular formula is C17H15Cl2NO3. The van der Waals surface area contributed by atoms with Crippen LogP contribution in [-0.4, -0.2) is 31.1 Å². The molecule has 0 N–H and O–H groups in total. The summed E-state index contributed by atoms with van der Waals surface area (Å²) in [6.07, 6.45) is 0. The second-order valence-corrected chi connectivity index (χ2v) is 6.08. The molecule has 0 unspecified atom stereocenters. The summed E-state index contributed by atoms with van der Waals surface area (Å²) in [5.74, 6) is 1.32. The first kappa shape index (κ1) is 16.0. The molecule has 4 nitrogen and oxygen atoms in total. The summed E-state index contributed by atoms with van der Waals surface area (Å²) in [6.45, 7) is 1.55. The minimum absolute atomic E-state index is 0.126. The van der Waals surface area contributed by atoms with Crippen LogP contribution in [0.2, 0.25) is 10.0 Å². The molecule has 0 aromatic heterocycles. The first-order chi connectivity index (χ1) is 11.0. The number of fused-ring (bicyclic) bond motifs is 1. The minimum Gasteiger partial charge on any atom is -0.486 e. The summed E-state index contributed by atoms with van der Waals surface area (Å²) < 4.78 is 11.1. The molecule has 0 aliphatic carbocycles. The van der Waals surface area contributed by atoms with Gasteiger partial charge in [0, 0.05) is 19.2 Å². The van der Waals surface area contributed by atoms with Crippen molar-refractivity contribution < 1.29 is 14.3 Å². The van der Waals surface area contributed by atoms with E-state index in [9.17, 15) is 4.79 Å². The van der Waals surface area contributed by atoms with Gasteiger partial charge in [-0.05, 0) is 35.9 Å². The van der Waals surface area contributed by atoms with E-state index in [0.29, 0.717) is 41.1 Å². The van der Waals surface area contributed by atoms with Crippen LogP contribution in [0.5, 0.6) is 11.5 Å². The van der Waals surface area contributed by atoms with Crippen LogP contribution in [0.1, 0.15) is 15.9 Å². The normalized spacial score (nSPS) is 12.8. The Bertz CT molecular complexity index is 749. The van der Waals surface area contributed by atoms with Gasteiger partial charge in [-0.15, -0.1) is 0 Å². The molecule has 1 aliphatic heterocycles. The van der Waals surface area contributed by atoms with Crippen molar-refractivity contribution in [3.63, 3.8) is 0 Å². The fourth-order valence-electron chi connectivity index (χ4n) is 2.38. The molecule has 3 rings (SSSR count). The zero-order chi connectivity index (χ0) is 16.4. The summed E-state index contributed by atoms with van der Waals surface area (Å²) in [5, 5.41) is 0.794. The third-order valence-electron chi connectivity index (χ3n) is 3.54. The number of amides is 1. The molecule has 0 fully saturated rings. The number of hydrogen-bond acceptors (Lipinski definition) is 3. The Morgan fingerprint density at radius 2 is 1.78 bits per heavy atom. The molecule has 0 saturated heterocycles. The molecule has 0 bridgehead atoms. The van der Waals surface area contributed by atoms with Crippen molar-refractivity contribution in [2.24, 2.45) is 0 Å². The van der Waals surface area contributed by atoms with Crippen molar-refractivity contribution in [1.29, 1.82) is 0 Å². The molecule has 1 amide bonds. The van der Waals surface area contributed by atoms with Crippen molar-refractivity contribution in [3.05, 3.63) is 57.6 Å². The summed E-state index contributed by atoms with van der Waals surface area (Å²) in [4.78, 5) is 14.1. The number of hydrogen-bond donors (Lipinski definition) is 0. The highest BCUT2D eigenvalue weighted by molar-refractivity contribution is 6.42. The molecule has 0 atom stereocenters. The predicted molar refractivity (Wildman–Crippen MR) is 89.7 cm³/mol. The van der Waals surface area contributed by atoms with Gasteiger partial charge >= 0.3 is 0 Å². The molecule has 120 valence electrons. The molecule has 0 radical (unpaired) electrons. The highest BCUT2D eigenvalue weighted by Gasteiger charge is 2.16. The van der Waals surface area contributed by atoms with E-state index >= 15 is 0 Å². The van der Waals surface area contributed by atoms with Gasteiger partial charge < -0.3 is 14.4 Å². The minimum atomic E-state index is -0.126. The maximum atomic E-state index is 12.5. The van der Waals surface area contributed by atoms with E-state index in [-0.39, 0.29) is 5.91 Å². The summed E-state index contributed by atoms with van der Waals surface area (Å²) in [7, 11) is 1.74. The summed E-state index contributed by atoms with van der Waals surface area (Å²) in [6, 6.07) is 10.5. The first-order valence-corrected chi connectivity index (χ1v) is 7.89. The number of halogens is 2. The molecule has 1 heterocycles. The topological polar surface area (TPSA) is 38.8 Å². The zero-order valence-electron chi connectivity index (χ0n) is 12.5. The Morgan fingerprint density at radius 3 is 2.52 bits per heavy atom. The van der Waals surface area contributed by atoms with Crippen LogP contribution in [0, 0.1) is 0 Å². The first-order valence-electron chi connectivity index (χ1n) is 7.13. The molecular weight excluding hydrogens is 337 g/mol. The van der Waals surface area contributed by atoms with Gasteiger partial charge in [-0.2, -0.15) is 0 Å². The highest BCUT2D eigenvalue weighted by atomic mass is 35.5. The number of carbonyl (C=O) groups is 1. The number of benzene rings is 2. The van der Waals surface area contributed by atoms with E-state index in [1.807, 2.05) is 18.2 Å². The van der Waals surface area contributed by atoms with Gasteiger partial charge in [0.1, 0.15) is 13.2 Å². The largest absolute Gasteiger partial charge is 0.486 e. The van der Waals surface area contributed by atoms with E-state index < -0.39 is 0 Å². The quantitative estimate of drug-likeness (QED) is 0.837. The fraction of sp³-hybridized carbons (Fsp3) is 0.235. The molecule has 0 saturated carbocycles. The maximum Gasteiger partial charge on any atom is 0.253 e. The lowest BCUT2D eigenvalue weighted by Crippen LogP contribution is -2.26. The Hall–Kier alpha value is -1.91. The standard InChI is InChI=1S/C17H15Cl2NO3/c1-20(17(21)12-3-4-13(18)14(19)9-12)10-11-2-5-15-16(8-11)23-7-6-22-15/h2-5,8-9H,6-7,10H2,1H3. The van der Waals surface area contributed by atoms with Gasteiger partial charge in [-0.1, -0.05) is 29.3 Å². The lowest BCUT2D eigenvalue weighted by molar-refractivity contribution is 0.0785. The van der Waals surface area contributed by atoms with Crippen LogP contribution in [0.3, 0.4) is 0 Å². The van der Waals surface area contributed by atoms with Crippen LogP contribution < -0.4 is 9.47 Å². The van der Waals surface area contributed by atoms with Gasteiger partial charge in [0.15, 0.2) is 11.5 Å². The SMILES string of the molecule is CN(Cc1ccc2c(c1)OCCO2)C(=O)c1ccc(Cl)c(Cl)c1. The lowest BCUT2D eigenvalue weighted by atomic mass is 10.1. The Morgan fingerprint density at radius 1 is 1.04 bits per heavy atom. The smallest absolute Gasteiger partial charge is 0.253 e. The highest BCUT2D eigenvalue weighted by Crippen LogP contribution is 2.31. The molecule has 6 heteroatoms. The van der Waals surface area contributed by atoms with Gasteiger partial charge in [0.05, 0.1) is 10.0 Å². The number of nitrogens with zero attached hydrogens (tertiary/aromatic N) is 1. The van der Waals surface area contributed by atoms with Gasteiger partial charge in [0.25, 0.3) is 5.91 Å². The third kappa shape index (κ3) is 3.54. The van der Waals surface area contributed by atoms with E-state index in [4.69, 9.17) is 32.7 Å². The Labute approximate surface area is 144 Å². The van der Waals surface area contributed by atoms with Gasteiger partial charge in [-0.3, -0.25) is 4.79 Å². The van der Waals surface area contributed by atoms with Crippen LogP contribution in [0.25, 0.3) is 0 Å². The molecule has 23 heavy (non-hydrogen) atoms. The molecule has 2 aromatic carbocycles. The van der Waals surface area contributed by atoms with Gasteiger partial charge in [-0.25, -0.2) is 0 Å². The van der Waals surface area contributed by atoms with Crippen molar-refractivity contribution in [2.45, 2.75) is 6.54 Å². The number of ether oxygens (including phenoxy) is 2. The predicted octanol–water partition coefficient (Wildman–Crippen LogP) is 4.04. The monoisotopic (exact) mass is 351 g/mol. The van der Waals surface area contributed by atoms with E-state index in [1.54, 1.807) is 30.1 Å². The van der Waals surface area contributed by atoms with Crippen LogP contribution in [0.4, 0.5) is 0 Å². The summed E-state index contributed by atoms with van der Waals surface area (Å²) in [5.41, 5.74) is 1.46. The Kier molecular flexibility index (Phi) is 4.64. The van der Waals surface area contributed by atoms with Crippen molar-refractivity contribution in [3.8, 4) is 11.5 Å². The number of rotatable bonds is 3.